The van der Waals surface area contributed by atoms with E-state index in [0.717, 1.165) is 19.8 Å². The molecule has 0 saturated carbocycles. The Balaban J connectivity index is 1.88. The van der Waals surface area contributed by atoms with Gasteiger partial charge in [0.25, 0.3) is 0 Å². The molecule has 0 N–H and O–H groups in total. The molecule has 0 aromatic rings. The monoisotopic (exact) mass is 244 g/mol. The van der Waals surface area contributed by atoms with Crippen LogP contribution in [0.2, 0.25) is 18.1 Å². The van der Waals surface area contributed by atoms with Crippen LogP contribution < -0.4 is 0 Å². The summed E-state index contributed by atoms with van der Waals surface area (Å²) in [6, 6.07) is 4.34. The van der Waals surface area contributed by atoms with Gasteiger partial charge in [0.2, 0.25) is 0 Å². The molecule has 96 valence electrons. The predicted octanol–water partition coefficient (Wildman–Crippen LogP) is 3.23. The zero-order chi connectivity index (χ0) is 11.6. The Morgan fingerprint density at radius 3 is 2.62 bits per heavy atom. The Hall–Kier alpha value is 0.137. The molecule has 0 amide bonds. The van der Waals surface area contributed by atoms with E-state index in [1.165, 1.54) is 43.8 Å². The first-order valence-corrected chi connectivity index (χ1v) is 9.51. The fourth-order valence-electron chi connectivity index (χ4n) is 2.04. The molecule has 1 fully saturated rings. The second kappa shape index (κ2) is 9.20. The molecule has 2 atom stereocenters. The largest absolute Gasteiger partial charge is 0.379 e. The average Bonchev–Trinajstić information content (AvgIpc) is 3.11. The SMILES string of the molecule is CCCCCC[SiH](CC)CCOCC1CO1. The van der Waals surface area contributed by atoms with Crippen LogP contribution in [0.1, 0.15) is 39.5 Å². The fraction of sp³-hybridized carbons (Fsp3) is 1.00. The van der Waals surface area contributed by atoms with Crippen molar-refractivity contribution in [3.63, 3.8) is 0 Å². The first-order chi connectivity index (χ1) is 7.86. The van der Waals surface area contributed by atoms with Crippen molar-refractivity contribution >= 4 is 8.80 Å². The summed E-state index contributed by atoms with van der Waals surface area (Å²) in [5.41, 5.74) is 0. The minimum atomic E-state index is -0.464. The number of epoxide rings is 1. The third-order valence-corrected chi connectivity index (χ3v) is 6.85. The van der Waals surface area contributed by atoms with Gasteiger partial charge in [-0.3, -0.25) is 0 Å². The molecule has 0 aliphatic carbocycles. The summed E-state index contributed by atoms with van der Waals surface area (Å²) in [5.74, 6) is 0. The van der Waals surface area contributed by atoms with Crippen LogP contribution in [0.25, 0.3) is 0 Å². The third kappa shape index (κ3) is 7.42. The Morgan fingerprint density at radius 2 is 2.00 bits per heavy atom. The van der Waals surface area contributed by atoms with Crippen LogP contribution in [-0.4, -0.2) is 34.7 Å². The topological polar surface area (TPSA) is 21.8 Å². The summed E-state index contributed by atoms with van der Waals surface area (Å²) in [4.78, 5) is 0. The first kappa shape index (κ1) is 14.2. The summed E-state index contributed by atoms with van der Waals surface area (Å²) in [6.07, 6.45) is 6.11. The molecule has 0 radical (unpaired) electrons. The van der Waals surface area contributed by atoms with E-state index >= 15 is 0 Å². The number of unbranched alkanes of at least 4 members (excludes halogenated alkanes) is 3. The van der Waals surface area contributed by atoms with E-state index in [2.05, 4.69) is 13.8 Å². The van der Waals surface area contributed by atoms with Crippen molar-refractivity contribution in [2.45, 2.75) is 63.8 Å². The normalized spacial score (nSPS) is 21.0. The lowest BCUT2D eigenvalue weighted by Gasteiger charge is -2.12. The molecule has 1 aliphatic rings. The van der Waals surface area contributed by atoms with E-state index < -0.39 is 8.80 Å². The van der Waals surface area contributed by atoms with E-state index in [1.54, 1.807) is 0 Å². The summed E-state index contributed by atoms with van der Waals surface area (Å²) >= 11 is 0. The van der Waals surface area contributed by atoms with Crippen LogP contribution in [0.4, 0.5) is 0 Å². The molecule has 0 bridgehead atoms. The van der Waals surface area contributed by atoms with Crippen molar-refractivity contribution in [3.05, 3.63) is 0 Å². The second-order valence-corrected chi connectivity index (χ2v) is 8.65. The van der Waals surface area contributed by atoms with Gasteiger partial charge in [0.1, 0.15) is 6.10 Å². The molecule has 16 heavy (non-hydrogen) atoms. The van der Waals surface area contributed by atoms with Gasteiger partial charge >= 0.3 is 0 Å². The van der Waals surface area contributed by atoms with Crippen molar-refractivity contribution in [3.8, 4) is 0 Å². The fourth-order valence-corrected chi connectivity index (χ4v) is 4.51. The van der Waals surface area contributed by atoms with Crippen LogP contribution >= 0.6 is 0 Å². The summed E-state index contributed by atoms with van der Waals surface area (Å²) in [6.45, 7) is 7.38. The quantitative estimate of drug-likeness (QED) is 0.316. The molecule has 2 nitrogen and oxygen atoms in total. The molecule has 0 aromatic carbocycles. The molecule has 2 unspecified atom stereocenters. The molecule has 1 aliphatic heterocycles. The lowest BCUT2D eigenvalue weighted by Crippen LogP contribution is -2.14. The summed E-state index contributed by atoms with van der Waals surface area (Å²) in [5, 5.41) is 0. The van der Waals surface area contributed by atoms with Crippen molar-refractivity contribution in [1.82, 2.24) is 0 Å². The number of hydrogen-bond acceptors (Lipinski definition) is 2. The van der Waals surface area contributed by atoms with Crippen LogP contribution in [-0.2, 0) is 9.47 Å². The van der Waals surface area contributed by atoms with E-state index in [-0.39, 0.29) is 0 Å². The third-order valence-electron chi connectivity index (χ3n) is 3.42. The smallest absolute Gasteiger partial charge is 0.104 e. The van der Waals surface area contributed by atoms with E-state index in [1.807, 2.05) is 0 Å². The highest BCUT2D eigenvalue weighted by atomic mass is 28.3. The molecule has 3 heteroatoms. The van der Waals surface area contributed by atoms with Crippen molar-refractivity contribution < 1.29 is 9.47 Å². The molecule has 1 heterocycles. The Labute approximate surface area is 102 Å². The molecular formula is C13H28O2Si. The van der Waals surface area contributed by atoms with E-state index in [0.29, 0.717) is 6.10 Å². The summed E-state index contributed by atoms with van der Waals surface area (Å²) < 4.78 is 10.7. The van der Waals surface area contributed by atoms with E-state index in [9.17, 15) is 0 Å². The maximum atomic E-state index is 5.63. The maximum absolute atomic E-state index is 5.63. The van der Waals surface area contributed by atoms with Crippen LogP contribution in [0, 0.1) is 0 Å². The van der Waals surface area contributed by atoms with Gasteiger partial charge < -0.3 is 9.47 Å². The van der Waals surface area contributed by atoms with Crippen molar-refractivity contribution in [1.29, 1.82) is 0 Å². The van der Waals surface area contributed by atoms with Gasteiger partial charge in [0.05, 0.1) is 13.2 Å². The lowest BCUT2D eigenvalue weighted by molar-refractivity contribution is 0.127. The standard InChI is InChI=1S/C13H28O2Si/c1-3-5-6-7-9-16(4-2)10-8-14-11-13-12-15-13/h13,16H,3-12H2,1-2H3. The zero-order valence-corrected chi connectivity index (χ0v) is 12.2. The molecule has 0 aromatic heterocycles. The molecular weight excluding hydrogens is 216 g/mol. The highest BCUT2D eigenvalue weighted by Crippen LogP contribution is 2.13. The summed E-state index contributed by atoms with van der Waals surface area (Å²) in [7, 11) is -0.464. The van der Waals surface area contributed by atoms with Crippen molar-refractivity contribution in [2.75, 3.05) is 19.8 Å². The Morgan fingerprint density at radius 1 is 1.19 bits per heavy atom. The first-order valence-electron chi connectivity index (χ1n) is 7.06. The zero-order valence-electron chi connectivity index (χ0n) is 11.0. The number of rotatable bonds is 11. The van der Waals surface area contributed by atoms with Gasteiger partial charge in [0.15, 0.2) is 0 Å². The maximum Gasteiger partial charge on any atom is 0.104 e. The Kier molecular flexibility index (Phi) is 8.16. The van der Waals surface area contributed by atoms with Gasteiger partial charge in [-0.2, -0.15) is 0 Å². The second-order valence-electron chi connectivity index (χ2n) is 4.94. The molecule has 1 rings (SSSR count). The van der Waals surface area contributed by atoms with Gasteiger partial charge in [0, 0.05) is 15.4 Å². The molecule has 1 saturated heterocycles. The van der Waals surface area contributed by atoms with E-state index in [4.69, 9.17) is 9.47 Å². The highest BCUT2D eigenvalue weighted by Gasteiger charge is 2.22. The molecule has 0 spiro atoms. The van der Waals surface area contributed by atoms with Crippen LogP contribution in [0.5, 0.6) is 0 Å². The minimum absolute atomic E-state index is 0.436. The van der Waals surface area contributed by atoms with Crippen LogP contribution in [0.3, 0.4) is 0 Å². The van der Waals surface area contributed by atoms with Crippen molar-refractivity contribution in [2.24, 2.45) is 0 Å². The average molecular weight is 244 g/mol. The highest BCUT2D eigenvalue weighted by molar-refractivity contribution is 6.58. The van der Waals surface area contributed by atoms with Gasteiger partial charge in [-0.05, 0) is 6.04 Å². The van der Waals surface area contributed by atoms with Gasteiger partial charge in [-0.15, -0.1) is 0 Å². The minimum Gasteiger partial charge on any atom is -0.379 e. The Bertz CT molecular complexity index is 160. The number of ether oxygens (including phenoxy) is 2. The predicted molar refractivity (Wildman–Crippen MR) is 71.9 cm³/mol. The number of hydrogen-bond donors (Lipinski definition) is 0. The van der Waals surface area contributed by atoms with Gasteiger partial charge in [-0.1, -0.05) is 51.6 Å². The van der Waals surface area contributed by atoms with Crippen LogP contribution in [0.15, 0.2) is 0 Å². The van der Waals surface area contributed by atoms with Gasteiger partial charge in [-0.25, -0.2) is 0 Å². The lowest BCUT2D eigenvalue weighted by atomic mass is 10.2.